The molecule has 3 aromatic rings. The number of halogens is 1. The molecule has 2 amide bonds. The van der Waals surface area contributed by atoms with E-state index in [1.807, 2.05) is 42.5 Å². The molecule has 0 aliphatic carbocycles. The smallest absolute Gasteiger partial charge is 0.243 e. The molecule has 1 unspecified atom stereocenters. The molecule has 36 heavy (non-hydrogen) atoms. The molecular formula is C31H37FN2O2. The molecule has 0 aromatic heterocycles. The molecule has 0 aliphatic heterocycles. The number of benzene rings is 3. The predicted molar refractivity (Wildman–Crippen MR) is 143 cm³/mol. The first-order valence-electron chi connectivity index (χ1n) is 12.9. The highest BCUT2D eigenvalue weighted by Gasteiger charge is 2.30. The topological polar surface area (TPSA) is 49.4 Å². The molecule has 1 atom stereocenters. The molecule has 0 fully saturated rings. The van der Waals surface area contributed by atoms with Gasteiger partial charge in [0.25, 0.3) is 0 Å². The Morgan fingerprint density at radius 3 is 2.19 bits per heavy atom. The van der Waals surface area contributed by atoms with Crippen molar-refractivity contribution < 1.29 is 14.0 Å². The van der Waals surface area contributed by atoms with Crippen LogP contribution in [0.2, 0.25) is 0 Å². The van der Waals surface area contributed by atoms with E-state index in [1.165, 1.54) is 11.6 Å². The van der Waals surface area contributed by atoms with Crippen molar-refractivity contribution in [1.29, 1.82) is 0 Å². The van der Waals surface area contributed by atoms with Crippen LogP contribution in [-0.4, -0.2) is 29.3 Å². The second kappa shape index (κ2) is 14.2. The van der Waals surface area contributed by atoms with Crippen molar-refractivity contribution in [1.82, 2.24) is 10.2 Å². The minimum atomic E-state index is -0.737. The highest BCUT2D eigenvalue weighted by atomic mass is 19.1. The van der Waals surface area contributed by atoms with Gasteiger partial charge in [0.05, 0.1) is 0 Å². The van der Waals surface area contributed by atoms with Crippen molar-refractivity contribution in [2.45, 2.75) is 65.0 Å². The van der Waals surface area contributed by atoms with Crippen LogP contribution in [0.15, 0.2) is 78.9 Å². The lowest BCUT2D eigenvalue weighted by Crippen LogP contribution is -2.50. The highest BCUT2D eigenvalue weighted by Crippen LogP contribution is 2.19. The summed E-state index contributed by atoms with van der Waals surface area (Å²) in [5, 5.41) is 3.00. The molecule has 0 spiro atoms. The Bertz CT molecular complexity index is 1100. The van der Waals surface area contributed by atoms with Crippen molar-refractivity contribution in [3.8, 4) is 0 Å². The van der Waals surface area contributed by atoms with Gasteiger partial charge in [-0.1, -0.05) is 93.1 Å². The fourth-order valence-electron chi connectivity index (χ4n) is 4.21. The summed E-state index contributed by atoms with van der Waals surface area (Å²) in [4.78, 5) is 28.6. The third kappa shape index (κ3) is 8.04. The van der Waals surface area contributed by atoms with E-state index in [1.54, 1.807) is 23.1 Å². The van der Waals surface area contributed by atoms with Gasteiger partial charge in [0, 0.05) is 31.5 Å². The SMILES string of the molecule is CCCCNC(=O)C(Cc1ccccc1)N(Cc1ccccc1F)C(=O)CCc1ccc(CC)cc1. The van der Waals surface area contributed by atoms with Crippen LogP contribution in [0.5, 0.6) is 0 Å². The quantitative estimate of drug-likeness (QED) is 0.306. The van der Waals surface area contributed by atoms with E-state index in [2.05, 4.69) is 31.3 Å². The zero-order valence-corrected chi connectivity index (χ0v) is 21.4. The fraction of sp³-hybridized carbons (Fsp3) is 0.355. The molecule has 5 heteroatoms. The summed E-state index contributed by atoms with van der Waals surface area (Å²) in [5.41, 5.74) is 3.67. The molecule has 4 nitrogen and oxygen atoms in total. The molecule has 190 valence electrons. The van der Waals surface area contributed by atoms with Crippen molar-refractivity contribution >= 4 is 11.8 Å². The molecular weight excluding hydrogens is 451 g/mol. The lowest BCUT2D eigenvalue weighted by molar-refractivity contribution is -0.141. The van der Waals surface area contributed by atoms with E-state index in [4.69, 9.17) is 0 Å². The maximum atomic E-state index is 14.6. The van der Waals surface area contributed by atoms with E-state index in [9.17, 15) is 14.0 Å². The molecule has 0 aliphatic rings. The Hall–Kier alpha value is -3.47. The number of nitrogens with zero attached hydrogens (tertiary/aromatic N) is 1. The number of rotatable bonds is 13. The lowest BCUT2D eigenvalue weighted by atomic mass is 10.0. The molecule has 3 aromatic carbocycles. The fourth-order valence-corrected chi connectivity index (χ4v) is 4.21. The van der Waals surface area contributed by atoms with Crippen LogP contribution in [0.3, 0.4) is 0 Å². The summed E-state index contributed by atoms with van der Waals surface area (Å²) in [7, 11) is 0. The largest absolute Gasteiger partial charge is 0.354 e. The van der Waals surface area contributed by atoms with Crippen LogP contribution < -0.4 is 5.32 Å². The van der Waals surface area contributed by atoms with Crippen molar-refractivity contribution in [3.05, 3.63) is 107 Å². The van der Waals surface area contributed by atoms with E-state index < -0.39 is 6.04 Å². The van der Waals surface area contributed by atoms with Crippen LogP contribution in [0.25, 0.3) is 0 Å². The summed E-state index contributed by atoms with van der Waals surface area (Å²) >= 11 is 0. The van der Waals surface area contributed by atoms with Gasteiger partial charge < -0.3 is 10.2 Å². The van der Waals surface area contributed by atoms with Crippen LogP contribution in [0.1, 0.15) is 55.4 Å². The first-order valence-corrected chi connectivity index (χ1v) is 12.9. The molecule has 0 radical (unpaired) electrons. The number of carbonyl (C=O) groups excluding carboxylic acids is 2. The van der Waals surface area contributed by atoms with Crippen LogP contribution in [0, 0.1) is 5.82 Å². The number of hydrogen-bond acceptors (Lipinski definition) is 2. The first-order chi connectivity index (χ1) is 17.5. The number of hydrogen-bond donors (Lipinski definition) is 1. The van der Waals surface area contributed by atoms with Crippen LogP contribution >= 0.6 is 0 Å². The number of nitrogens with one attached hydrogen (secondary N) is 1. The molecule has 0 bridgehead atoms. The minimum Gasteiger partial charge on any atom is -0.354 e. The second-order valence-electron chi connectivity index (χ2n) is 9.13. The van der Waals surface area contributed by atoms with Crippen LogP contribution in [-0.2, 0) is 35.4 Å². The Morgan fingerprint density at radius 2 is 1.53 bits per heavy atom. The van der Waals surface area contributed by atoms with Gasteiger partial charge >= 0.3 is 0 Å². The summed E-state index contributed by atoms with van der Waals surface area (Å²) in [6, 6.07) is 23.6. The molecule has 0 saturated heterocycles. The normalized spacial score (nSPS) is 11.6. The zero-order chi connectivity index (χ0) is 25.8. The monoisotopic (exact) mass is 488 g/mol. The summed E-state index contributed by atoms with van der Waals surface area (Å²) in [6.07, 6.45) is 3.95. The average Bonchev–Trinajstić information content (AvgIpc) is 2.91. The van der Waals surface area contributed by atoms with E-state index in [0.29, 0.717) is 24.9 Å². The third-order valence-electron chi connectivity index (χ3n) is 6.46. The molecule has 1 N–H and O–H groups in total. The highest BCUT2D eigenvalue weighted by molar-refractivity contribution is 5.88. The Morgan fingerprint density at radius 1 is 0.861 bits per heavy atom. The number of carbonyl (C=O) groups is 2. The van der Waals surface area contributed by atoms with Crippen molar-refractivity contribution in [2.24, 2.45) is 0 Å². The summed E-state index contributed by atoms with van der Waals surface area (Å²) < 4.78 is 14.6. The second-order valence-corrected chi connectivity index (χ2v) is 9.13. The van der Waals surface area contributed by atoms with Gasteiger partial charge in [0.15, 0.2) is 0 Å². The van der Waals surface area contributed by atoms with E-state index in [0.717, 1.165) is 30.4 Å². The van der Waals surface area contributed by atoms with Gasteiger partial charge in [-0.15, -0.1) is 0 Å². The lowest BCUT2D eigenvalue weighted by Gasteiger charge is -2.32. The number of amides is 2. The Labute approximate surface area is 214 Å². The van der Waals surface area contributed by atoms with Crippen molar-refractivity contribution in [3.63, 3.8) is 0 Å². The summed E-state index contributed by atoms with van der Waals surface area (Å²) in [6.45, 7) is 4.76. The first kappa shape index (κ1) is 27.1. The molecule has 3 rings (SSSR count). The standard InChI is InChI=1S/C31H37FN2O2/c1-3-5-21-33-31(36)29(22-26-11-7-6-8-12-26)34(23-27-13-9-10-14-28(27)32)30(35)20-19-25-17-15-24(4-2)16-18-25/h6-18,29H,3-5,19-23H2,1-2H3,(H,33,36). The van der Waals surface area contributed by atoms with Gasteiger partial charge in [-0.05, 0) is 42.0 Å². The maximum absolute atomic E-state index is 14.6. The maximum Gasteiger partial charge on any atom is 0.243 e. The van der Waals surface area contributed by atoms with Gasteiger partial charge in [-0.3, -0.25) is 9.59 Å². The van der Waals surface area contributed by atoms with E-state index in [-0.39, 0.29) is 30.6 Å². The zero-order valence-electron chi connectivity index (χ0n) is 21.4. The number of unbranched alkanes of at least 4 members (excludes halogenated alkanes) is 1. The van der Waals surface area contributed by atoms with Gasteiger partial charge in [-0.2, -0.15) is 0 Å². The minimum absolute atomic E-state index is 0.0407. The Kier molecular flexibility index (Phi) is 10.7. The summed E-state index contributed by atoms with van der Waals surface area (Å²) in [5.74, 6) is -0.746. The van der Waals surface area contributed by atoms with Crippen LogP contribution in [0.4, 0.5) is 4.39 Å². The number of aryl methyl sites for hydroxylation is 2. The Balaban J connectivity index is 1.87. The molecule has 0 saturated carbocycles. The predicted octanol–water partition coefficient (Wildman–Crippen LogP) is 5.88. The van der Waals surface area contributed by atoms with Gasteiger partial charge in [0.2, 0.25) is 11.8 Å². The average molecular weight is 489 g/mol. The van der Waals surface area contributed by atoms with Gasteiger partial charge in [0.1, 0.15) is 11.9 Å². The third-order valence-corrected chi connectivity index (χ3v) is 6.46. The van der Waals surface area contributed by atoms with E-state index >= 15 is 0 Å². The van der Waals surface area contributed by atoms with Crippen molar-refractivity contribution in [2.75, 3.05) is 6.54 Å². The van der Waals surface area contributed by atoms with Gasteiger partial charge in [-0.25, -0.2) is 4.39 Å². The molecule has 0 heterocycles.